The van der Waals surface area contributed by atoms with E-state index in [1.807, 2.05) is 14.1 Å². The van der Waals surface area contributed by atoms with Crippen LogP contribution < -0.4 is 9.64 Å². The van der Waals surface area contributed by atoms with Gasteiger partial charge >= 0.3 is 6.18 Å². The summed E-state index contributed by atoms with van der Waals surface area (Å²) < 4.78 is 44.7. The van der Waals surface area contributed by atoms with E-state index >= 15 is 0 Å². The van der Waals surface area contributed by atoms with Crippen molar-refractivity contribution in [2.45, 2.75) is 24.9 Å². The molecule has 3 rings (SSSR count). The summed E-state index contributed by atoms with van der Waals surface area (Å²) in [4.78, 5) is 2.08. The molecule has 2 aromatic rings. The Labute approximate surface area is 176 Å². The fourth-order valence-corrected chi connectivity index (χ4v) is 3.97. The molecule has 2 aromatic carbocycles. The van der Waals surface area contributed by atoms with E-state index in [9.17, 15) is 13.2 Å². The Bertz CT molecular complexity index is 859. The second-order valence-electron chi connectivity index (χ2n) is 8.21. The van der Waals surface area contributed by atoms with Gasteiger partial charge in [-0.15, -0.1) is 6.42 Å². The molecular formula is C24H28F3N2O+. The summed E-state index contributed by atoms with van der Waals surface area (Å²) in [6.45, 7) is 2.67. The monoisotopic (exact) mass is 417 g/mol. The van der Waals surface area contributed by atoms with E-state index in [-0.39, 0.29) is 0 Å². The number of quaternary nitrogens is 1. The van der Waals surface area contributed by atoms with Crippen molar-refractivity contribution >= 4 is 5.69 Å². The lowest BCUT2D eigenvalue weighted by Crippen LogP contribution is -2.55. The second-order valence-corrected chi connectivity index (χ2v) is 8.21. The Morgan fingerprint density at radius 1 is 1.03 bits per heavy atom. The molecule has 0 aliphatic carbocycles. The van der Waals surface area contributed by atoms with Crippen molar-refractivity contribution in [2.24, 2.45) is 0 Å². The average molecular weight is 417 g/mol. The fraction of sp³-hybridized carbons (Fsp3) is 0.417. The third-order valence-corrected chi connectivity index (χ3v) is 5.90. The highest BCUT2D eigenvalue weighted by Gasteiger charge is 2.35. The molecule has 0 atom stereocenters. The van der Waals surface area contributed by atoms with Crippen molar-refractivity contribution in [2.75, 3.05) is 45.4 Å². The molecule has 6 heteroatoms. The van der Waals surface area contributed by atoms with Crippen molar-refractivity contribution in [1.29, 1.82) is 0 Å². The zero-order valence-corrected chi connectivity index (χ0v) is 17.5. The van der Waals surface area contributed by atoms with Crippen LogP contribution in [0.3, 0.4) is 0 Å². The summed E-state index contributed by atoms with van der Waals surface area (Å²) in [5.74, 6) is 3.67. The molecule has 3 nitrogen and oxygen atoms in total. The standard InChI is InChI=1S/C24H28F3N2O/c1-4-15-29(18-30-23-11-7-21(8-12-23)24(25,26)27)16-13-20(14-17-29)19-5-9-22(10-6-19)28(2)3/h1,5-12,20H,13-18H2,2-3H3/q+1. The van der Waals surface area contributed by atoms with Crippen LogP contribution in [0.1, 0.15) is 29.9 Å². The molecule has 0 aromatic heterocycles. The number of piperidine rings is 1. The van der Waals surface area contributed by atoms with E-state index in [0.29, 0.717) is 29.4 Å². The summed E-state index contributed by atoms with van der Waals surface area (Å²) in [7, 11) is 4.05. The van der Waals surface area contributed by atoms with Gasteiger partial charge in [0.2, 0.25) is 6.73 Å². The molecule has 1 fully saturated rings. The van der Waals surface area contributed by atoms with Crippen molar-refractivity contribution < 1.29 is 22.4 Å². The zero-order valence-electron chi connectivity index (χ0n) is 17.5. The first-order chi connectivity index (χ1) is 14.2. The molecule has 0 saturated carbocycles. The van der Waals surface area contributed by atoms with Crippen LogP contribution in [0.2, 0.25) is 0 Å². The van der Waals surface area contributed by atoms with Crippen molar-refractivity contribution in [3.8, 4) is 18.1 Å². The summed E-state index contributed by atoms with van der Waals surface area (Å²) in [6, 6.07) is 13.5. The number of hydrogen-bond acceptors (Lipinski definition) is 2. The normalized spacial score (nSPS) is 21.7. The van der Waals surface area contributed by atoms with Gasteiger partial charge in [-0.2, -0.15) is 13.2 Å². The molecule has 1 heterocycles. The summed E-state index contributed by atoms with van der Waals surface area (Å²) >= 11 is 0. The van der Waals surface area contributed by atoms with Gasteiger partial charge in [-0.1, -0.05) is 12.1 Å². The van der Waals surface area contributed by atoms with E-state index in [2.05, 4.69) is 35.1 Å². The first kappa shape index (κ1) is 22.0. The van der Waals surface area contributed by atoms with E-state index in [1.165, 1.54) is 23.4 Å². The van der Waals surface area contributed by atoms with Crippen LogP contribution in [-0.2, 0) is 6.18 Å². The molecule has 0 spiro atoms. The van der Waals surface area contributed by atoms with E-state index in [0.717, 1.165) is 38.1 Å². The number of rotatable bonds is 6. The molecule has 0 bridgehead atoms. The van der Waals surface area contributed by atoms with Crippen LogP contribution in [0.25, 0.3) is 0 Å². The third-order valence-electron chi connectivity index (χ3n) is 5.90. The molecule has 0 amide bonds. The van der Waals surface area contributed by atoms with Crippen LogP contribution in [0.5, 0.6) is 5.75 Å². The minimum Gasteiger partial charge on any atom is -0.445 e. The molecule has 160 valence electrons. The number of ether oxygens (including phenoxy) is 1. The highest BCUT2D eigenvalue weighted by Crippen LogP contribution is 2.33. The maximum absolute atomic E-state index is 12.7. The number of terminal acetylenes is 1. The molecule has 30 heavy (non-hydrogen) atoms. The van der Waals surface area contributed by atoms with Gasteiger partial charge in [0.1, 0.15) is 12.3 Å². The molecule has 0 radical (unpaired) electrons. The first-order valence-electron chi connectivity index (χ1n) is 10.1. The number of benzene rings is 2. The van der Waals surface area contributed by atoms with Crippen molar-refractivity contribution in [3.05, 3.63) is 59.7 Å². The van der Waals surface area contributed by atoms with E-state index < -0.39 is 11.7 Å². The van der Waals surface area contributed by atoms with Gasteiger partial charge in [0, 0.05) is 32.6 Å². The Kier molecular flexibility index (Phi) is 6.62. The lowest BCUT2D eigenvalue weighted by Gasteiger charge is -2.42. The van der Waals surface area contributed by atoms with Crippen LogP contribution in [-0.4, -0.2) is 44.9 Å². The minimum atomic E-state index is -4.34. The molecule has 0 unspecified atom stereocenters. The Hall–Kier alpha value is -2.65. The maximum atomic E-state index is 12.7. The number of anilines is 1. The van der Waals surface area contributed by atoms with Crippen LogP contribution >= 0.6 is 0 Å². The summed E-state index contributed by atoms with van der Waals surface area (Å²) in [5.41, 5.74) is 1.84. The number of nitrogens with zero attached hydrogens (tertiary/aromatic N) is 2. The van der Waals surface area contributed by atoms with Crippen LogP contribution in [0.15, 0.2) is 48.5 Å². The number of halogens is 3. The largest absolute Gasteiger partial charge is 0.445 e. The topological polar surface area (TPSA) is 12.5 Å². The zero-order chi connectivity index (χ0) is 21.8. The van der Waals surface area contributed by atoms with E-state index in [1.54, 1.807) is 0 Å². The highest BCUT2D eigenvalue weighted by atomic mass is 19.4. The molecular weight excluding hydrogens is 389 g/mol. The lowest BCUT2D eigenvalue weighted by molar-refractivity contribution is -0.940. The van der Waals surface area contributed by atoms with Gasteiger partial charge in [-0.3, -0.25) is 4.48 Å². The Balaban J connectivity index is 1.61. The highest BCUT2D eigenvalue weighted by molar-refractivity contribution is 5.46. The molecule has 1 aliphatic rings. The number of alkyl halides is 3. The van der Waals surface area contributed by atoms with Crippen LogP contribution in [0.4, 0.5) is 18.9 Å². The third kappa shape index (κ3) is 5.28. The number of hydrogen-bond donors (Lipinski definition) is 0. The maximum Gasteiger partial charge on any atom is 0.416 e. The minimum absolute atomic E-state index is 0.363. The SMILES string of the molecule is C#CC[N+]1(COc2ccc(C(F)(F)F)cc2)CCC(c2ccc(N(C)C)cc2)CC1. The van der Waals surface area contributed by atoms with Gasteiger partial charge in [-0.25, -0.2) is 0 Å². The summed E-state index contributed by atoms with van der Waals surface area (Å²) in [5, 5.41) is 0. The predicted octanol–water partition coefficient (Wildman–Crippen LogP) is 5.14. The lowest BCUT2D eigenvalue weighted by atomic mass is 9.88. The van der Waals surface area contributed by atoms with Gasteiger partial charge in [0.15, 0.2) is 0 Å². The Morgan fingerprint density at radius 2 is 1.63 bits per heavy atom. The van der Waals surface area contributed by atoms with E-state index in [4.69, 9.17) is 11.2 Å². The van der Waals surface area contributed by atoms with Crippen molar-refractivity contribution in [1.82, 2.24) is 0 Å². The van der Waals surface area contributed by atoms with Gasteiger partial charge in [-0.05, 0) is 53.8 Å². The van der Waals surface area contributed by atoms with Gasteiger partial charge in [0.05, 0.1) is 18.7 Å². The molecule has 1 saturated heterocycles. The van der Waals surface area contributed by atoms with Crippen LogP contribution in [0, 0.1) is 12.3 Å². The average Bonchev–Trinajstić information content (AvgIpc) is 2.73. The van der Waals surface area contributed by atoms with Gasteiger partial charge < -0.3 is 9.64 Å². The summed E-state index contributed by atoms with van der Waals surface area (Å²) in [6.07, 6.45) is 3.28. The number of likely N-dealkylation sites (tertiary alicyclic amines) is 1. The predicted molar refractivity (Wildman–Crippen MR) is 113 cm³/mol. The molecule has 1 aliphatic heterocycles. The molecule has 0 N–H and O–H groups in total. The Morgan fingerprint density at radius 3 is 2.13 bits per heavy atom. The second kappa shape index (κ2) is 9.01. The first-order valence-corrected chi connectivity index (χ1v) is 10.1. The quantitative estimate of drug-likeness (QED) is 0.477. The van der Waals surface area contributed by atoms with Gasteiger partial charge in [0.25, 0.3) is 0 Å². The fourth-order valence-electron chi connectivity index (χ4n) is 3.97. The smallest absolute Gasteiger partial charge is 0.416 e. The van der Waals surface area contributed by atoms with Crippen molar-refractivity contribution in [3.63, 3.8) is 0 Å².